The maximum absolute atomic E-state index is 13.9. The van der Waals surface area contributed by atoms with Gasteiger partial charge in [-0.25, -0.2) is 10.1 Å². The normalized spacial score (nSPS) is 46.4. The molecule has 1 aromatic heterocycles. The molecule has 0 spiro atoms. The number of epoxide rings is 1. The number of ketones is 1. The van der Waals surface area contributed by atoms with Crippen LogP contribution in [0.3, 0.4) is 0 Å². The van der Waals surface area contributed by atoms with Gasteiger partial charge in [0.25, 0.3) is 7.52 Å². The zero-order valence-electron chi connectivity index (χ0n) is 70.3. The van der Waals surface area contributed by atoms with Crippen LogP contribution in [0.5, 0.6) is 0 Å². The van der Waals surface area contributed by atoms with Gasteiger partial charge in [-0.1, -0.05) is 34.1 Å². The zero-order valence-corrected chi connectivity index (χ0v) is 73.7. The van der Waals surface area contributed by atoms with Gasteiger partial charge in [-0.2, -0.15) is 23.5 Å². The van der Waals surface area contributed by atoms with Gasteiger partial charge in [-0.3, -0.25) is 18.9 Å². The third kappa shape index (κ3) is 23.7. The lowest BCUT2D eigenvalue weighted by atomic mass is 9.73. The number of aromatic nitrogens is 1. The minimum absolute atomic E-state index is 0.0990. The molecule has 50 heteroatoms. The first-order valence-corrected chi connectivity index (χ1v) is 47.1. The van der Waals surface area contributed by atoms with E-state index in [1.54, 1.807) is 31.6 Å². The largest absolute Gasteiger partial charge is 0.458 e. The number of Topliss-reactive ketones (excluding diaryl/α,β-unsaturated/α-hetero) is 1. The highest BCUT2D eigenvalue weighted by Gasteiger charge is 2.61. The van der Waals surface area contributed by atoms with Crippen LogP contribution in [0.2, 0.25) is 0 Å². The van der Waals surface area contributed by atoms with Gasteiger partial charge in [0.05, 0.1) is 105 Å². The van der Waals surface area contributed by atoms with Crippen molar-refractivity contribution >= 4 is 66.1 Å². The monoisotopic (exact) mass is 1890 g/mol. The fourth-order valence-corrected chi connectivity index (χ4v) is 20.5. The number of carbonyl (C=O) groups excluding carboxylic acids is 3. The highest BCUT2D eigenvalue weighted by Crippen LogP contribution is 2.47. The molecule has 24 rings (SSSR count). The molecule has 126 heavy (non-hydrogen) atoms. The van der Waals surface area contributed by atoms with E-state index in [1.807, 2.05) is 13.8 Å². The molecule has 23 saturated heterocycles. The van der Waals surface area contributed by atoms with E-state index in [0.29, 0.717) is 35.5 Å². The van der Waals surface area contributed by atoms with Gasteiger partial charge in [0.2, 0.25) is 5.91 Å². The fourth-order valence-electron chi connectivity index (χ4n) is 17.0. The number of amides is 1. The predicted molar refractivity (Wildman–Crippen MR) is 428 cm³/mol. The summed E-state index contributed by atoms with van der Waals surface area (Å²) in [4.78, 5) is 56.8. The minimum Gasteiger partial charge on any atom is -0.458 e. The Hall–Kier alpha value is -2.65. The maximum atomic E-state index is 13.9. The van der Waals surface area contributed by atoms with E-state index >= 15 is 0 Å². The summed E-state index contributed by atoms with van der Waals surface area (Å²) in [5.74, 6) is -3.61. The van der Waals surface area contributed by atoms with Gasteiger partial charge >= 0.3 is 5.97 Å². The molecule has 25 N–H and O–H groups in total. The SMILES string of the molecule is CN[C@H](CSCC1O[C@H]2O[C@@H]3C(CO)O[C@H](O[C@@H]4C(CO)O[C@H](O[C@@H]5C(CO)O[C@H](O[C@@H]6C(CSC)O[C@H](O[C@@H]7C(CO)O[C@@H](O[C@@H]8C(CO)O[C@@H](O[C@H]1[C@H](O)C2O)C(O)[C@H]8O)C(O)[C@H]7O)C(O)[C@H]6O)C(O)[C@H]5O)C(O)[C@H]4O)C(O)[C@H]3O)C(=O)NCCP(=O)(O)NCc1nc(/C=C(\C)C2CC3O[C@]3(C)CCC[C@H](C)[C@H](O)[C@@H](C)C(=O)C(C)(C)[C@@H](O)CC(=O)O2)cs1. The number of thiazole rings is 1. The number of aliphatic hydroxyl groups excluding tert-OH is 21. The van der Waals surface area contributed by atoms with E-state index < -0.39 is 333 Å². The van der Waals surface area contributed by atoms with E-state index in [4.69, 9.17) is 75.8 Å². The fraction of sp³-hybridized carbons (Fsp3) is 0.895. The molecule has 1 aromatic rings. The molecular weight excluding hydrogens is 1770 g/mol. The van der Waals surface area contributed by atoms with E-state index in [1.165, 1.54) is 20.9 Å². The second-order valence-electron chi connectivity index (χ2n) is 34.3. The first-order chi connectivity index (χ1) is 59.6. The summed E-state index contributed by atoms with van der Waals surface area (Å²) in [5, 5.41) is 250. The molecule has 1 amide bonds. The van der Waals surface area contributed by atoms with Crippen LogP contribution in [0.4, 0.5) is 0 Å². The molecule has 724 valence electrons. The summed E-state index contributed by atoms with van der Waals surface area (Å²) in [6.07, 6.45) is -69.7. The number of fused-ring (bicyclic) bond motifs is 1. The van der Waals surface area contributed by atoms with Crippen LogP contribution in [0.1, 0.15) is 84.3 Å². The van der Waals surface area contributed by atoms with Gasteiger partial charge in [-0.15, -0.1) is 11.3 Å². The van der Waals surface area contributed by atoms with Crippen LogP contribution in [0.25, 0.3) is 6.08 Å². The van der Waals surface area contributed by atoms with Crippen molar-refractivity contribution in [2.45, 2.75) is 331 Å². The van der Waals surface area contributed by atoms with Gasteiger partial charge in [0, 0.05) is 41.5 Å². The Morgan fingerprint density at radius 2 is 0.937 bits per heavy atom. The van der Waals surface area contributed by atoms with Crippen molar-refractivity contribution in [2.24, 2.45) is 17.3 Å². The lowest BCUT2D eigenvalue weighted by molar-refractivity contribution is -0.395. The van der Waals surface area contributed by atoms with Crippen LogP contribution < -0.4 is 15.7 Å². The van der Waals surface area contributed by atoms with Crippen molar-refractivity contribution in [3.8, 4) is 0 Å². The van der Waals surface area contributed by atoms with Gasteiger partial charge in [0.15, 0.2) is 44.0 Å². The maximum Gasteiger partial charge on any atom is 0.309 e. The summed E-state index contributed by atoms with van der Waals surface area (Å²) in [6.45, 7) is 4.29. The van der Waals surface area contributed by atoms with Crippen LogP contribution in [-0.2, 0) is 101 Å². The molecule has 0 radical (unpaired) electrons. The Balaban J connectivity index is 0.773. The molecule has 14 bridgehead atoms. The Morgan fingerprint density at radius 3 is 1.31 bits per heavy atom. The van der Waals surface area contributed by atoms with E-state index in [2.05, 4.69) is 20.7 Å². The van der Waals surface area contributed by atoms with Gasteiger partial charge < -0.3 is 199 Å². The summed E-state index contributed by atoms with van der Waals surface area (Å²) < 4.78 is 109. The number of esters is 1. The minimum atomic E-state index is -4.24. The number of ether oxygens (including phenoxy) is 16. The molecule has 44 atom stereocenters. The summed E-state index contributed by atoms with van der Waals surface area (Å²) in [6, 6.07) is -1.13. The number of rotatable bonds is 21. The number of cyclic esters (lactones) is 1. The zero-order chi connectivity index (χ0) is 92.2. The smallest absolute Gasteiger partial charge is 0.309 e. The Kier molecular flexibility index (Phi) is 37.0. The van der Waals surface area contributed by atoms with Gasteiger partial charge in [-0.05, 0) is 57.6 Å². The van der Waals surface area contributed by atoms with Crippen molar-refractivity contribution in [2.75, 3.05) is 76.3 Å². The van der Waals surface area contributed by atoms with Crippen LogP contribution in [-0.4, -0.2) is 462 Å². The lowest BCUT2D eigenvalue weighted by Gasteiger charge is -2.50. The predicted octanol–water partition coefficient (Wildman–Crippen LogP) is -9.96. The molecule has 0 saturated carbocycles. The van der Waals surface area contributed by atoms with Gasteiger partial charge in [0.1, 0.15) is 176 Å². The second-order valence-corrected chi connectivity index (χ2v) is 39.4. The molecule has 17 unspecified atom stereocenters. The molecule has 23 aliphatic heterocycles. The van der Waals surface area contributed by atoms with Crippen molar-refractivity contribution in [3.63, 3.8) is 0 Å². The van der Waals surface area contributed by atoms with E-state index in [0.717, 1.165) is 34.9 Å². The number of nitrogens with zero attached hydrogens (tertiary/aromatic N) is 1. The Bertz CT molecular complexity index is 3720. The summed E-state index contributed by atoms with van der Waals surface area (Å²) >= 11 is 3.17. The van der Waals surface area contributed by atoms with Crippen LogP contribution >= 0.6 is 42.4 Å². The van der Waals surface area contributed by atoms with Crippen LogP contribution in [0.15, 0.2) is 11.0 Å². The van der Waals surface area contributed by atoms with Crippen molar-refractivity contribution in [3.05, 3.63) is 21.7 Å². The molecule has 0 aromatic carbocycles. The van der Waals surface area contributed by atoms with E-state index in [9.17, 15) is 131 Å². The summed E-state index contributed by atoms with van der Waals surface area (Å²) in [7, 11) is -2.83. The number of aliphatic hydroxyl groups is 21. The second kappa shape index (κ2) is 44.9. The molecule has 46 nitrogen and oxygen atoms in total. The number of hydrogen-bond donors (Lipinski definition) is 25. The van der Waals surface area contributed by atoms with Crippen molar-refractivity contribution in [1.29, 1.82) is 0 Å². The molecule has 23 aliphatic rings. The first-order valence-electron chi connectivity index (χ1n) is 41.8. The Labute approximate surface area is 736 Å². The number of thioether (sulfide) groups is 2. The van der Waals surface area contributed by atoms with E-state index in [-0.39, 0.29) is 43.0 Å². The first kappa shape index (κ1) is 104. The van der Waals surface area contributed by atoms with Crippen molar-refractivity contribution < 1.29 is 207 Å². The topological polar surface area (TPSA) is 713 Å². The standard InChI is InChI=1S/C76H125N4O42PS3/c1-27-10-9-11-76(6)41(122-76)15-32(107-43(87)16-40(86)75(4,5)66(103)29(3)44(27)88)28(2)14-30-23-126-42(80-30)17-79-123(105,106)13-12-78-67(104)31(77-7)24-125-26-39-65-51(95)58(102)74(114-39)119-63-37(22-85)110-70(54(98)47(63)91)115-59-33(18-81)108-68(52(96)45(59)89)116-60-34(19-82)111-71(55(99)48(60)92)120-64-38(25-124-8)113-73(57(101)50(64)94)118-62-36(21-84)109-69(53(97)46(62)90)117-61-35(20-83)112-72(121-65)56(100)49(61)93/h14,23,27,29,31-41,44-65,68-74,77,81-86,88-102H,9-13,15-22,24-26H2,1-8H3,(H,78,104)(H2,79,105,106)/b28-14+/t27-,29+,31+,32?,33?,34?,35?,36?,37?,38?,39?,40-,41?,44-,45+,46+,47+,48+,49+,50+,51+,52?,53?,54?,55?,56?,57?,58?,59+,60+,61+,62+,63+,64+,65+,68+,69-,70+,71+,72-,73+,74-,76+/m0/s1. The number of hydrogen-bond acceptors (Lipinski definition) is 46. The lowest BCUT2D eigenvalue weighted by Crippen LogP contribution is -2.68. The average Bonchev–Trinajstić information content (AvgIpc) is 1.45. The number of likely N-dealkylation sites (N-methyl/N-ethyl adjacent to an activating group) is 1. The molecule has 0 aliphatic carbocycles. The molecular formula is C76H125N4O42PS3. The third-order valence-electron chi connectivity index (χ3n) is 25.0. The molecule has 23 fully saturated rings. The van der Waals surface area contributed by atoms with Crippen molar-refractivity contribution in [1.82, 2.24) is 20.7 Å². The Morgan fingerprint density at radius 1 is 0.563 bits per heavy atom. The highest BCUT2D eigenvalue weighted by atomic mass is 32.2. The number of carbonyl (C=O) groups is 3. The third-order valence-corrected chi connectivity index (χ3v) is 29.2. The summed E-state index contributed by atoms with van der Waals surface area (Å²) in [5.41, 5.74) is -0.961. The average molecular weight is 1890 g/mol. The highest BCUT2D eigenvalue weighted by molar-refractivity contribution is 7.99. The number of nitrogens with one attached hydrogen (secondary N) is 3. The quantitative estimate of drug-likeness (QED) is 0.0309. The molecule has 24 heterocycles. The van der Waals surface area contributed by atoms with Crippen LogP contribution in [0, 0.1) is 17.3 Å².